The molecule has 33 heavy (non-hydrogen) atoms. The molecule has 1 aliphatic rings. The summed E-state index contributed by atoms with van der Waals surface area (Å²) in [4.78, 5) is 39.2. The molecule has 168 valence electrons. The number of ether oxygens (including phenoxy) is 1. The molecular formula is C25H21IN2O4S. The zero-order valence-corrected chi connectivity index (χ0v) is 20.8. The Bertz CT molecular complexity index is 1260. The molecule has 3 amide bonds. The first kappa shape index (κ1) is 23.3. The average molecular weight is 572 g/mol. The van der Waals surface area contributed by atoms with E-state index in [2.05, 4.69) is 27.9 Å². The SMILES string of the molecule is CCCOc1ccc2ccccc2c1/C=C1\SC(=O)N(CC(=O)Nc2ccc(I)cc2)C1=O. The monoisotopic (exact) mass is 572 g/mol. The number of carbonyl (C=O) groups is 3. The fourth-order valence-corrected chi connectivity index (χ4v) is 4.59. The molecule has 1 aliphatic heterocycles. The summed E-state index contributed by atoms with van der Waals surface area (Å²) in [7, 11) is 0. The Morgan fingerprint density at radius 3 is 2.61 bits per heavy atom. The summed E-state index contributed by atoms with van der Waals surface area (Å²) < 4.78 is 6.94. The summed E-state index contributed by atoms with van der Waals surface area (Å²) in [5.74, 6) is -0.271. The molecule has 1 fully saturated rings. The second-order valence-electron chi connectivity index (χ2n) is 7.37. The van der Waals surface area contributed by atoms with E-state index in [0.29, 0.717) is 18.0 Å². The number of rotatable bonds is 7. The van der Waals surface area contributed by atoms with Crippen LogP contribution in [0.3, 0.4) is 0 Å². The first-order valence-electron chi connectivity index (χ1n) is 10.4. The lowest BCUT2D eigenvalue weighted by Crippen LogP contribution is -2.36. The number of hydrogen-bond donors (Lipinski definition) is 1. The highest BCUT2D eigenvalue weighted by molar-refractivity contribution is 14.1. The Morgan fingerprint density at radius 2 is 1.85 bits per heavy atom. The van der Waals surface area contributed by atoms with Crippen molar-refractivity contribution < 1.29 is 19.1 Å². The second-order valence-corrected chi connectivity index (χ2v) is 9.61. The smallest absolute Gasteiger partial charge is 0.294 e. The van der Waals surface area contributed by atoms with Crippen LogP contribution in [-0.2, 0) is 9.59 Å². The van der Waals surface area contributed by atoms with Crippen molar-refractivity contribution in [1.29, 1.82) is 0 Å². The fourth-order valence-electron chi connectivity index (χ4n) is 3.41. The van der Waals surface area contributed by atoms with Gasteiger partial charge in [0.25, 0.3) is 11.1 Å². The van der Waals surface area contributed by atoms with Crippen LogP contribution in [0, 0.1) is 3.57 Å². The molecule has 0 radical (unpaired) electrons. The molecule has 8 heteroatoms. The van der Waals surface area contributed by atoms with Crippen LogP contribution in [0.1, 0.15) is 18.9 Å². The third-order valence-electron chi connectivity index (χ3n) is 4.97. The number of imide groups is 1. The van der Waals surface area contributed by atoms with Gasteiger partial charge in [0.2, 0.25) is 5.91 Å². The van der Waals surface area contributed by atoms with Gasteiger partial charge in [-0.15, -0.1) is 0 Å². The van der Waals surface area contributed by atoms with Crippen LogP contribution >= 0.6 is 34.4 Å². The van der Waals surface area contributed by atoms with Crippen LogP contribution in [-0.4, -0.2) is 35.1 Å². The lowest BCUT2D eigenvalue weighted by atomic mass is 10.0. The maximum atomic E-state index is 13.0. The van der Waals surface area contributed by atoms with E-state index in [-0.39, 0.29) is 11.4 Å². The summed E-state index contributed by atoms with van der Waals surface area (Å²) in [5, 5.41) is 4.18. The molecule has 0 spiro atoms. The second kappa shape index (κ2) is 10.4. The van der Waals surface area contributed by atoms with Gasteiger partial charge in [-0.25, -0.2) is 0 Å². The number of halogens is 1. The molecule has 4 rings (SSSR count). The Kier molecular flexibility index (Phi) is 7.34. The predicted octanol–water partition coefficient (Wildman–Crippen LogP) is 5.91. The Balaban J connectivity index is 1.58. The van der Waals surface area contributed by atoms with Crippen LogP contribution in [0.4, 0.5) is 10.5 Å². The van der Waals surface area contributed by atoms with Gasteiger partial charge in [-0.3, -0.25) is 19.3 Å². The Morgan fingerprint density at radius 1 is 1.09 bits per heavy atom. The molecule has 0 unspecified atom stereocenters. The van der Waals surface area contributed by atoms with Crippen molar-refractivity contribution in [2.24, 2.45) is 0 Å². The maximum absolute atomic E-state index is 13.0. The summed E-state index contributed by atoms with van der Waals surface area (Å²) in [6.07, 6.45) is 2.54. The van der Waals surface area contributed by atoms with Crippen LogP contribution in [0.2, 0.25) is 0 Å². The van der Waals surface area contributed by atoms with Crippen molar-refractivity contribution in [3.8, 4) is 5.75 Å². The zero-order valence-electron chi connectivity index (χ0n) is 17.8. The molecule has 0 saturated carbocycles. The van der Waals surface area contributed by atoms with E-state index in [1.807, 2.05) is 55.5 Å². The maximum Gasteiger partial charge on any atom is 0.294 e. The number of fused-ring (bicyclic) bond motifs is 1. The number of benzene rings is 3. The van der Waals surface area contributed by atoms with Crippen LogP contribution in [0.15, 0.2) is 65.6 Å². The minimum atomic E-state index is -0.489. The lowest BCUT2D eigenvalue weighted by molar-refractivity contribution is -0.127. The normalized spacial score (nSPS) is 14.8. The van der Waals surface area contributed by atoms with Crippen LogP contribution in [0.5, 0.6) is 5.75 Å². The van der Waals surface area contributed by atoms with Gasteiger partial charge < -0.3 is 10.1 Å². The van der Waals surface area contributed by atoms with Crippen LogP contribution < -0.4 is 10.1 Å². The van der Waals surface area contributed by atoms with Gasteiger partial charge in [0.15, 0.2) is 0 Å². The summed E-state index contributed by atoms with van der Waals surface area (Å²) in [6.45, 7) is 2.22. The number of nitrogens with zero attached hydrogens (tertiary/aromatic N) is 1. The van der Waals surface area contributed by atoms with Crippen molar-refractivity contribution >= 4 is 73.9 Å². The largest absolute Gasteiger partial charge is 0.493 e. The molecule has 1 N–H and O–H groups in total. The van der Waals surface area contributed by atoms with E-state index in [9.17, 15) is 14.4 Å². The molecule has 0 atom stereocenters. The minimum absolute atomic E-state index is 0.264. The number of anilines is 1. The third-order valence-corrected chi connectivity index (χ3v) is 6.60. The molecule has 1 heterocycles. The molecular weight excluding hydrogens is 551 g/mol. The highest BCUT2D eigenvalue weighted by Gasteiger charge is 2.36. The molecule has 0 aromatic heterocycles. The van der Waals surface area contributed by atoms with E-state index in [4.69, 9.17) is 4.74 Å². The Hall–Kier alpha value is -2.85. The van der Waals surface area contributed by atoms with Crippen molar-refractivity contribution in [1.82, 2.24) is 4.90 Å². The number of nitrogens with one attached hydrogen (secondary N) is 1. The number of carbonyl (C=O) groups excluding carboxylic acids is 3. The molecule has 3 aromatic rings. The third kappa shape index (κ3) is 5.39. The molecule has 3 aromatic carbocycles. The van der Waals surface area contributed by atoms with Crippen LogP contribution in [0.25, 0.3) is 16.8 Å². The first-order valence-corrected chi connectivity index (χ1v) is 12.3. The van der Waals surface area contributed by atoms with Gasteiger partial charge in [-0.05, 0) is 88.0 Å². The quantitative estimate of drug-likeness (QED) is 0.282. The summed E-state index contributed by atoms with van der Waals surface area (Å²) in [5.41, 5.74) is 1.35. The molecule has 0 bridgehead atoms. The minimum Gasteiger partial charge on any atom is -0.493 e. The van der Waals surface area contributed by atoms with Gasteiger partial charge in [-0.1, -0.05) is 37.3 Å². The highest BCUT2D eigenvalue weighted by Crippen LogP contribution is 2.36. The van der Waals surface area contributed by atoms with Crippen molar-refractivity contribution in [2.45, 2.75) is 13.3 Å². The van der Waals surface area contributed by atoms with E-state index >= 15 is 0 Å². The lowest BCUT2D eigenvalue weighted by Gasteiger charge is -2.13. The molecule has 0 aliphatic carbocycles. The van der Waals surface area contributed by atoms with E-state index in [1.54, 1.807) is 18.2 Å². The van der Waals surface area contributed by atoms with Gasteiger partial charge in [0.1, 0.15) is 12.3 Å². The first-order chi connectivity index (χ1) is 16.0. The topological polar surface area (TPSA) is 75.7 Å². The van der Waals surface area contributed by atoms with E-state index in [0.717, 1.165) is 43.0 Å². The van der Waals surface area contributed by atoms with Crippen molar-refractivity contribution in [3.63, 3.8) is 0 Å². The average Bonchev–Trinajstić information content (AvgIpc) is 3.07. The van der Waals surface area contributed by atoms with E-state index < -0.39 is 17.1 Å². The van der Waals surface area contributed by atoms with Gasteiger partial charge in [-0.2, -0.15) is 0 Å². The molecule has 1 saturated heterocycles. The number of amides is 3. The predicted molar refractivity (Wildman–Crippen MR) is 140 cm³/mol. The number of hydrogen-bond acceptors (Lipinski definition) is 5. The Labute approximate surface area is 209 Å². The van der Waals surface area contributed by atoms with Crippen molar-refractivity contribution in [2.75, 3.05) is 18.5 Å². The van der Waals surface area contributed by atoms with Gasteiger partial charge in [0.05, 0.1) is 11.5 Å². The summed E-state index contributed by atoms with van der Waals surface area (Å²) >= 11 is 3.00. The fraction of sp³-hybridized carbons (Fsp3) is 0.160. The van der Waals surface area contributed by atoms with Crippen molar-refractivity contribution in [3.05, 3.63) is 74.7 Å². The highest BCUT2D eigenvalue weighted by atomic mass is 127. The number of thioether (sulfide) groups is 1. The zero-order chi connectivity index (χ0) is 23.4. The molecule has 6 nitrogen and oxygen atoms in total. The van der Waals surface area contributed by atoms with Gasteiger partial charge >= 0.3 is 0 Å². The van der Waals surface area contributed by atoms with E-state index in [1.165, 1.54) is 0 Å². The standard InChI is InChI=1S/C25H21IN2O4S/c1-2-13-32-21-12-7-16-5-3-4-6-19(16)20(21)14-22-24(30)28(25(31)33-22)15-23(29)27-18-10-8-17(26)9-11-18/h3-12,14H,2,13,15H2,1H3,(H,27,29)/b22-14-. The van der Waals surface area contributed by atoms with Gasteiger partial charge in [0, 0.05) is 14.8 Å². The summed E-state index contributed by atoms with van der Waals surface area (Å²) in [6, 6.07) is 18.9.